The molecule has 0 heterocycles. The molecular weight excluding hydrogens is 142 g/mol. The molecule has 0 aromatic carbocycles. The molecule has 0 aromatic heterocycles. The van der Waals surface area contributed by atoms with Crippen molar-refractivity contribution in [2.24, 2.45) is 0 Å². The maximum atomic E-state index is 10.7. The Hall–Kier alpha value is -1.56. The van der Waals surface area contributed by atoms with E-state index in [1.165, 1.54) is 13.2 Å². The number of esters is 1. The highest BCUT2D eigenvalue weighted by molar-refractivity contribution is 5.87. The van der Waals surface area contributed by atoms with E-state index in [1.807, 2.05) is 0 Å². The molecule has 58 valence electrons. The van der Waals surface area contributed by atoms with Crippen LogP contribution < -0.4 is 0 Å². The fourth-order valence-corrected chi connectivity index (χ4v) is 0.482. The van der Waals surface area contributed by atoms with Gasteiger partial charge in [-0.3, -0.25) is 0 Å². The van der Waals surface area contributed by atoms with E-state index >= 15 is 0 Å². The number of nitriles is 1. The monoisotopic (exact) mass is 151 g/mol. The van der Waals surface area contributed by atoms with Gasteiger partial charge in [0.1, 0.15) is 0 Å². The number of carbonyl (C=O) groups excluding carboxylic acids is 1. The van der Waals surface area contributed by atoms with Gasteiger partial charge >= 0.3 is 5.97 Å². The van der Waals surface area contributed by atoms with E-state index < -0.39 is 5.97 Å². The summed E-state index contributed by atoms with van der Waals surface area (Å²) in [6.45, 7) is 3.46. The summed E-state index contributed by atoms with van der Waals surface area (Å²) in [7, 11) is 1.29. The van der Waals surface area contributed by atoms with Gasteiger partial charge in [0.15, 0.2) is 0 Å². The molecule has 0 rings (SSSR count). The van der Waals surface area contributed by atoms with Crippen LogP contribution in [0.3, 0.4) is 0 Å². The molecule has 0 aliphatic heterocycles. The number of carbonyl (C=O) groups is 1. The predicted octanol–water partition coefficient (Wildman–Crippen LogP) is 1.19. The molecule has 0 atom stereocenters. The molecule has 0 aliphatic rings. The molecule has 0 fully saturated rings. The van der Waals surface area contributed by atoms with Crippen molar-refractivity contribution in [3.05, 3.63) is 24.3 Å². The number of hydrogen-bond acceptors (Lipinski definition) is 3. The van der Waals surface area contributed by atoms with Gasteiger partial charge in [0.05, 0.1) is 13.2 Å². The zero-order valence-corrected chi connectivity index (χ0v) is 6.33. The van der Waals surface area contributed by atoms with Crippen molar-refractivity contribution in [1.82, 2.24) is 0 Å². The molecule has 0 saturated heterocycles. The van der Waals surface area contributed by atoms with E-state index in [1.54, 1.807) is 12.1 Å². The first kappa shape index (κ1) is 9.44. The van der Waals surface area contributed by atoms with Crippen molar-refractivity contribution >= 4 is 5.97 Å². The lowest BCUT2D eigenvalue weighted by Gasteiger charge is -1.97. The fourth-order valence-electron chi connectivity index (χ4n) is 0.482. The number of hydrogen-bond donors (Lipinski definition) is 0. The Morgan fingerprint density at radius 2 is 2.45 bits per heavy atom. The topological polar surface area (TPSA) is 50.1 Å². The van der Waals surface area contributed by atoms with Gasteiger partial charge in [0.2, 0.25) is 0 Å². The van der Waals surface area contributed by atoms with Crippen LogP contribution in [0.15, 0.2) is 24.3 Å². The molecular formula is C8H9NO2. The van der Waals surface area contributed by atoms with Gasteiger partial charge < -0.3 is 4.74 Å². The number of allylic oxidation sites excluding steroid dienone is 2. The predicted molar refractivity (Wildman–Crippen MR) is 40.5 cm³/mol. The molecule has 3 nitrogen and oxygen atoms in total. The molecule has 0 N–H and O–H groups in total. The first-order valence-electron chi connectivity index (χ1n) is 3.03. The summed E-state index contributed by atoms with van der Waals surface area (Å²) < 4.78 is 4.39. The number of methoxy groups -OCH3 is 1. The number of rotatable bonds is 3. The molecule has 0 bridgehead atoms. The summed E-state index contributed by atoms with van der Waals surface area (Å²) in [5, 5.41) is 8.09. The van der Waals surface area contributed by atoms with Gasteiger partial charge in [-0.25, -0.2) is 4.79 Å². The second-order valence-electron chi connectivity index (χ2n) is 1.83. The van der Waals surface area contributed by atoms with Crippen molar-refractivity contribution in [3.8, 4) is 6.07 Å². The van der Waals surface area contributed by atoms with Crippen LogP contribution in [0.25, 0.3) is 0 Å². The zero-order valence-electron chi connectivity index (χ0n) is 6.33. The van der Waals surface area contributed by atoms with E-state index in [4.69, 9.17) is 5.26 Å². The van der Waals surface area contributed by atoms with Gasteiger partial charge in [-0.2, -0.15) is 5.26 Å². The summed E-state index contributed by atoms with van der Waals surface area (Å²) in [6.07, 6.45) is 3.22. The molecule has 11 heavy (non-hydrogen) atoms. The Labute approximate surface area is 65.6 Å². The van der Waals surface area contributed by atoms with E-state index in [2.05, 4.69) is 11.3 Å². The Balaban J connectivity index is 3.81. The Bertz CT molecular complexity index is 223. The van der Waals surface area contributed by atoms with Gasteiger partial charge in [-0.15, -0.1) is 0 Å². The molecule has 0 amide bonds. The summed E-state index contributed by atoms with van der Waals surface area (Å²) in [6, 6.07) is 1.81. The quantitative estimate of drug-likeness (QED) is 0.346. The minimum Gasteiger partial charge on any atom is -0.466 e. The fraction of sp³-hybridized carbons (Fsp3) is 0.250. The highest BCUT2D eigenvalue weighted by Crippen LogP contribution is 2.00. The maximum Gasteiger partial charge on any atom is 0.333 e. The van der Waals surface area contributed by atoms with Gasteiger partial charge in [-0.05, 0) is 6.42 Å². The van der Waals surface area contributed by atoms with Crippen LogP contribution in [0.1, 0.15) is 6.42 Å². The zero-order chi connectivity index (χ0) is 8.69. The van der Waals surface area contributed by atoms with Crippen molar-refractivity contribution in [3.63, 3.8) is 0 Å². The molecule has 0 unspecified atom stereocenters. The third-order valence-corrected chi connectivity index (χ3v) is 1.03. The van der Waals surface area contributed by atoms with Crippen molar-refractivity contribution in [2.45, 2.75) is 6.42 Å². The number of nitrogens with zero attached hydrogens (tertiary/aromatic N) is 1. The normalized spacial score (nSPS) is 9.09. The van der Waals surface area contributed by atoms with Gasteiger partial charge in [0, 0.05) is 11.6 Å². The number of ether oxygens (including phenoxy) is 1. The van der Waals surface area contributed by atoms with Crippen LogP contribution in [0.4, 0.5) is 0 Å². The smallest absolute Gasteiger partial charge is 0.333 e. The molecule has 0 radical (unpaired) electrons. The Morgan fingerprint density at radius 3 is 2.91 bits per heavy atom. The lowest BCUT2D eigenvalue weighted by molar-refractivity contribution is -0.136. The average Bonchev–Trinajstić information content (AvgIpc) is 2.03. The van der Waals surface area contributed by atoms with Crippen LogP contribution in [-0.2, 0) is 9.53 Å². The first-order chi connectivity index (χ1) is 5.22. The second kappa shape index (κ2) is 5.24. The van der Waals surface area contributed by atoms with Crippen LogP contribution in [-0.4, -0.2) is 13.1 Å². The van der Waals surface area contributed by atoms with E-state index in [0.717, 1.165) is 0 Å². The first-order valence-corrected chi connectivity index (χ1v) is 3.03. The van der Waals surface area contributed by atoms with E-state index in [-0.39, 0.29) is 0 Å². The van der Waals surface area contributed by atoms with Crippen LogP contribution in [0.2, 0.25) is 0 Å². The SMILES string of the molecule is C=C(CC=CC#N)C(=O)OC. The van der Waals surface area contributed by atoms with Crippen molar-refractivity contribution in [1.29, 1.82) is 5.26 Å². The lowest BCUT2D eigenvalue weighted by atomic mass is 10.2. The van der Waals surface area contributed by atoms with Crippen LogP contribution in [0, 0.1) is 11.3 Å². The summed E-state index contributed by atoms with van der Waals surface area (Å²) in [5.74, 6) is -0.437. The van der Waals surface area contributed by atoms with E-state index in [9.17, 15) is 4.79 Å². The lowest BCUT2D eigenvalue weighted by Crippen LogP contribution is -2.02. The third-order valence-electron chi connectivity index (χ3n) is 1.03. The highest BCUT2D eigenvalue weighted by Gasteiger charge is 2.02. The van der Waals surface area contributed by atoms with E-state index in [0.29, 0.717) is 12.0 Å². The molecule has 0 aliphatic carbocycles. The Kier molecular flexibility index (Phi) is 4.50. The highest BCUT2D eigenvalue weighted by atomic mass is 16.5. The van der Waals surface area contributed by atoms with Gasteiger partial charge in [-0.1, -0.05) is 12.7 Å². The standard InChI is InChI=1S/C8H9NO2/c1-7(8(10)11-2)5-3-4-6-9/h3-4H,1,5H2,2H3. The minimum atomic E-state index is -0.437. The maximum absolute atomic E-state index is 10.7. The minimum absolute atomic E-state index is 0.346. The summed E-state index contributed by atoms with van der Waals surface area (Å²) in [5.41, 5.74) is 0.346. The van der Waals surface area contributed by atoms with Crippen LogP contribution >= 0.6 is 0 Å². The second-order valence-corrected chi connectivity index (χ2v) is 1.83. The average molecular weight is 151 g/mol. The summed E-state index contributed by atoms with van der Waals surface area (Å²) >= 11 is 0. The Morgan fingerprint density at radius 1 is 1.82 bits per heavy atom. The molecule has 0 saturated carbocycles. The largest absolute Gasteiger partial charge is 0.466 e. The van der Waals surface area contributed by atoms with Gasteiger partial charge in [0.25, 0.3) is 0 Å². The van der Waals surface area contributed by atoms with Crippen molar-refractivity contribution in [2.75, 3.05) is 7.11 Å². The third kappa shape index (κ3) is 3.93. The van der Waals surface area contributed by atoms with Crippen molar-refractivity contribution < 1.29 is 9.53 Å². The molecule has 3 heteroatoms. The molecule has 0 spiro atoms. The summed E-state index contributed by atoms with van der Waals surface area (Å²) in [4.78, 5) is 10.7. The molecule has 0 aromatic rings. The van der Waals surface area contributed by atoms with Crippen LogP contribution in [0.5, 0.6) is 0 Å².